The first-order chi connectivity index (χ1) is 14.6. The Hall–Kier alpha value is -2.57. The lowest BCUT2D eigenvalue weighted by atomic mass is 9.87. The van der Waals surface area contributed by atoms with Crippen LogP contribution in [-0.4, -0.2) is 55.4 Å². The second-order valence-corrected chi connectivity index (χ2v) is 9.43. The van der Waals surface area contributed by atoms with Crippen LogP contribution in [0.2, 0.25) is 0 Å². The van der Waals surface area contributed by atoms with Crippen molar-refractivity contribution in [3.05, 3.63) is 29.8 Å². The number of hydrogen-bond acceptors (Lipinski definition) is 4. The summed E-state index contributed by atoms with van der Waals surface area (Å²) in [5.74, 6) is 0.244. The quantitative estimate of drug-likeness (QED) is 0.662. The van der Waals surface area contributed by atoms with Gasteiger partial charge in [0.1, 0.15) is 11.8 Å². The van der Waals surface area contributed by atoms with Gasteiger partial charge in [-0.15, -0.1) is 0 Å². The van der Waals surface area contributed by atoms with E-state index < -0.39 is 6.04 Å². The Bertz CT molecular complexity index is 764. The first-order valence-corrected chi connectivity index (χ1v) is 11.1. The fourth-order valence-electron chi connectivity index (χ4n) is 3.79. The van der Waals surface area contributed by atoms with Crippen molar-refractivity contribution in [3.63, 3.8) is 0 Å². The van der Waals surface area contributed by atoms with Crippen LogP contribution in [-0.2, 0) is 9.59 Å². The van der Waals surface area contributed by atoms with Crippen LogP contribution in [0.4, 0.5) is 0 Å². The summed E-state index contributed by atoms with van der Waals surface area (Å²) < 4.78 is 5.20. The van der Waals surface area contributed by atoms with Crippen LogP contribution in [0.5, 0.6) is 5.75 Å². The predicted molar refractivity (Wildman–Crippen MR) is 121 cm³/mol. The summed E-state index contributed by atoms with van der Waals surface area (Å²) in [6, 6.07) is 6.24. The molecule has 2 rings (SSSR count). The van der Waals surface area contributed by atoms with Gasteiger partial charge in [0.05, 0.1) is 7.11 Å². The molecule has 3 amide bonds. The van der Waals surface area contributed by atoms with Gasteiger partial charge in [-0.1, -0.05) is 33.8 Å². The fourth-order valence-corrected chi connectivity index (χ4v) is 3.79. The van der Waals surface area contributed by atoms with Crippen LogP contribution in [0.1, 0.15) is 63.7 Å². The minimum atomic E-state index is -0.634. The number of likely N-dealkylation sites (tertiary alicyclic amines) is 1. The van der Waals surface area contributed by atoms with Crippen LogP contribution in [0.25, 0.3) is 0 Å². The molecule has 1 aliphatic heterocycles. The van der Waals surface area contributed by atoms with Crippen LogP contribution < -0.4 is 15.4 Å². The lowest BCUT2D eigenvalue weighted by Crippen LogP contribution is -2.54. The Labute approximate surface area is 185 Å². The van der Waals surface area contributed by atoms with Crippen LogP contribution in [0.15, 0.2) is 24.3 Å². The Kier molecular flexibility index (Phi) is 8.89. The number of benzene rings is 1. The number of carbonyl (C=O) groups is 3. The molecule has 1 aliphatic rings. The third-order valence-corrected chi connectivity index (χ3v) is 5.50. The van der Waals surface area contributed by atoms with E-state index in [9.17, 15) is 14.4 Å². The number of hydrogen-bond donors (Lipinski definition) is 2. The summed E-state index contributed by atoms with van der Waals surface area (Å²) in [7, 11) is 1.55. The topological polar surface area (TPSA) is 87.7 Å². The Morgan fingerprint density at radius 3 is 2.45 bits per heavy atom. The van der Waals surface area contributed by atoms with Crippen molar-refractivity contribution in [1.29, 1.82) is 0 Å². The first kappa shape index (κ1) is 24.7. The molecule has 0 saturated carbocycles. The molecule has 1 unspecified atom stereocenters. The smallest absolute Gasteiger partial charge is 0.252 e. The average molecular weight is 432 g/mol. The second kappa shape index (κ2) is 11.2. The van der Waals surface area contributed by atoms with E-state index in [1.165, 1.54) is 0 Å². The molecule has 0 aliphatic carbocycles. The highest BCUT2D eigenvalue weighted by atomic mass is 16.5. The van der Waals surface area contributed by atoms with Gasteiger partial charge in [0.25, 0.3) is 5.91 Å². The summed E-state index contributed by atoms with van der Waals surface area (Å²) in [4.78, 5) is 40.2. The third-order valence-electron chi connectivity index (χ3n) is 5.50. The highest BCUT2D eigenvalue weighted by Gasteiger charge is 2.34. The first-order valence-electron chi connectivity index (χ1n) is 11.1. The number of carbonyl (C=O) groups excluding carboxylic acids is 3. The van der Waals surface area contributed by atoms with Gasteiger partial charge in [-0.2, -0.15) is 0 Å². The lowest BCUT2D eigenvalue weighted by Gasteiger charge is -2.36. The standard InChI is InChI=1S/C24H37N3O4/c1-6-12-25-23(30)21(26-22(29)18-8-7-9-19(15-18)31-5)17-10-13-27(14-11-17)20(28)16-24(2,3)4/h7-9,15,17,21H,6,10-14,16H2,1-5H3,(H,25,30)(H,26,29). The van der Waals surface area contributed by atoms with Crippen molar-refractivity contribution in [2.45, 2.75) is 59.4 Å². The van der Waals surface area contributed by atoms with Gasteiger partial charge < -0.3 is 20.3 Å². The highest BCUT2D eigenvalue weighted by molar-refractivity contribution is 5.98. The zero-order valence-corrected chi connectivity index (χ0v) is 19.5. The Morgan fingerprint density at radius 1 is 1.19 bits per heavy atom. The van der Waals surface area contributed by atoms with Crippen LogP contribution >= 0.6 is 0 Å². The zero-order valence-electron chi connectivity index (χ0n) is 19.5. The molecule has 31 heavy (non-hydrogen) atoms. The third kappa shape index (κ3) is 7.56. The largest absolute Gasteiger partial charge is 0.497 e. The molecule has 0 bridgehead atoms. The van der Waals surface area contributed by atoms with E-state index in [-0.39, 0.29) is 29.1 Å². The minimum Gasteiger partial charge on any atom is -0.497 e. The van der Waals surface area contributed by atoms with Crippen molar-refractivity contribution in [3.8, 4) is 5.75 Å². The molecule has 1 saturated heterocycles. The van der Waals surface area contributed by atoms with Gasteiger partial charge in [0, 0.05) is 31.6 Å². The van der Waals surface area contributed by atoms with Crippen LogP contribution in [0.3, 0.4) is 0 Å². The van der Waals surface area contributed by atoms with Crippen molar-refractivity contribution in [1.82, 2.24) is 15.5 Å². The number of amides is 3. The molecule has 7 nitrogen and oxygen atoms in total. The summed E-state index contributed by atoms with van der Waals surface area (Å²) in [6.45, 7) is 9.93. The SMILES string of the molecule is CCCNC(=O)C(NC(=O)c1cccc(OC)c1)C1CCN(C(=O)CC(C)(C)C)CC1. The van der Waals surface area contributed by atoms with Crippen molar-refractivity contribution < 1.29 is 19.1 Å². The molecule has 1 atom stereocenters. The number of methoxy groups -OCH3 is 1. The predicted octanol–water partition coefficient (Wildman–Crippen LogP) is 2.99. The van der Waals surface area contributed by atoms with Crippen molar-refractivity contribution >= 4 is 17.7 Å². The fraction of sp³-hybridized carbons (Fsp3) is 0.625. The van der Waals surface area contributed by atoms with Gasteiger partial charge in [0.15, 0.2) is 0 Å². The maximum Gasteiger partial charge on any atom is 0.252 e. The Morgan fingerprint density at radius 2 is 1.87 bits per heavy atom. The molecule has 0 radical (unpaired) electrons. The molecule has 2 N–H and O–H groups in total. The molecule has 172 valence electrons. The van der Waals surface area contributed by atoms with E-state index in [0.717, 1.165) is 6.42 Å². The van der Waals surface area contributed by atoms with Gasteiger partial charge in [-0.05, 0) is 48.8 Å². The number of rotatable bonds is 8. The number of piperidine rings is 1. The molecular formula is C24H37N3O4. The summed E-state index contributed by atoms with van der Waals surface area (Å²) >= 11 is 0. The monoisotopic (exact) mass is 431 g/mol. The normalized spacial score (nSPS) is 15.8. The highest BCUT2D eigenvalue weighted by Crippen LogP contribution is 2.25. The molecule has 1 heterocycles. The second-order valence-electron chi connectivity index (χ2n) is 9.43. The van der Waals surface area contributed by atoms with E-state index >= 15 is 0 Å². The number of nitrogens with one attached hydrogen (secondary N) is 2. The maximum atomic E-state index is 12.9. The lowest BCUT2D eigenvalue weighted by molar-refractivity contribution is -0.134. The van der Waals surface area contributed by atoms with E-state index in [4.69, 9.17) is 4.74 Å². The maximum absolute atomic E-state index is 12.9. The van der Waals surface area contributed by atoms with E-state index in [0.29, 0.717) is 50.2 Å². The van der Waals surface area contributed by atoms with E-state index in [1.54, 1.807) is 31.4 Å². The molecule has 1 aromatic carbocycles. The van der Waals surface area contributed by atoms with E-state index in [2.05, 4.69) is 31.4 Å². The molecule has 1 aromatic rings. The van der Waals surface area contributed by atoms with Gasteiger partial charge >= 0.3 is 0 Å². The molecule has 1 fully saturated rings. The summed E-state index contributed by atoms with van der Waals surface area (Å²) in [5.41, 5.74) is 0.395. The number of nitrogens with zero attached hydrogens (tertiary/aromatic N) is 1. The summed E-state index contributed by atoms with van der Waals surface area (Å²) in [6.07, 6.45) is 2.68. The molecule has 7 heteroatoms. The zero-order chi connectivity index (χ0) is 23.0. The summed E-state index contributed by atoms with van der Waals surface area (Å²) in [5, 5.41) is 5.85. The molecule has 0 spiro atoms. The van der Waals surface area contributed by atoms with Gasteiger partial charge in [-0.25, -0.2) is 0 Å². The van der Waals surface area contributed by atoms with Gasteiger partial charge in [0.2, 0.25) is 11.8 Å². The van der Waals surface area contributed by atoms with E-state index in [1.807, 2.05) is 11.8 Å². The molecular weight excluding hydrogens is 394 g/mol. The van der Waals surface area contributed by atoms with Gasteiger partial charge in [-0.3, -0.25) is 14.4 Å². The number of ether oxygens (including phenoxy) is 1. The van der Waals surface area contributed by atoms with Crippen molar-refractivity contribution in [2.75, 3.05) is 26.7 Å². The van der Waals surface area contributed by atoms with Crippen molar-refractivity contribution in [2.24, 2.45) is 11.3 Å². The van der Waals surface area contributed by atoms with Crippen LogP contribution in [0, 0.1) is 11.3 Å². The Balaban J connectivity index is 2.07. The minimum absolute atomic E-state index is 0.0231. The molecule has 0 aromatic heterocycles. The average Bonchev–Trinajstić information content (AvgIpc) is 2.74.